The maximum Gasteiger partial charge on any atom is 0.293 e. The topological polar surface area (TPSA) is 21.3 Å². The molecule has 2 rings (SSSR count). The van der Waals surface area contributed by atoms with Crippen molar-refractivity contribution in [2.75, 3.05) is 13.2 Å². The third-order valence-electron chi connectivity index (χ3n) is 1.75. The maximum absolute atomic E-state index is 12.3. The first kappa shape index (κ1) is 8.17. The van der Waals surface area contributed by atoms with Gasteiger partial charge in [0.1, 0.15) is 12.1 Å². The predicted molar refractivity (Wildman–Crippen MR) is 33.7 cm³/mol. The fourth-order valence-electron chi connectivity index (χ4n) is 1.15. The molecule has 0 unspecified atom stereocenters. The average molecular weight is 172 g/mol. The van der Waals surface area contributed by atoms with Gasteiger partial charge in [-0.15, -0.1) is 12.4 Å². The number of rotatable bonds is 0. The van der Waals surface area contributed by atoms with Crippen LogP contribution < -0.4 is 5.32 Å². The SMILES string of the molecule is Cl.FC1(F)[C@@H]2NCCO[C@H]21. The third-order valence-corrected chi connectivity index (χ3v) is 1.75. The highest BCUT2D eigenvalue weighted by atomic mass is 35.5. The number of ether oxygens (including phenoxy) is 1. The van der Waals surface area contributed by atoms with Crippen molar-refractivity contribution in [1.29, 1.82) is 0 Å². The third kappa shape index (κ3) is 0.909. The fourth-order valence-corrected chi connectivity index (χ4v) is 1.15. The summed E-state index contributed by atoms with van der Waals surface area (Å²) in [6.07, 6.45) is -0.828. The van der Waals surface area contributed by atoms with Crippen LogP contribution in [0, 0.1) is 0 Å². The van der Waals surface area contributed by atoms with Gasteiger partial charge in [0.15, 0.2) is 0 Å². The quantitative estimate of drug-likeness (QED) is 0.570. The smallest absolute Gasteiger partial charge is 0.293 e. The zero-order valence-corrected chi connectivity index (χ0v) is 5.96. The molecule has 1 heterocycles. The lowest BCUT2D eigenvalue weighted by molar-refractivity contribution is 0.0175. The van der Waals surface area contributed by atoms with Crippen LogP contribution >= 0.6 is 12.4 Å². The van der Waals surface area contributed by atoms with E-state index in [4.69, 9.17) is 4.74 Å². The molecule has 1 aliphatic heterocycles. The van der Waals surface area contributed by atoms with Crippen molar-refractivity contribution in [3.63, 3.8) is 0 Å². The molecule has 60 valence electrons. The van der Waals surface area contributed by atoms with Crippen LogP contribution in [0.2, 0.25) is 0 Å². The van der Waals surface area contributed by atoms with Crippen molar-refractivity contribution in [1.82, 2.24) is 5.32 Å². The van der Waals surface area contributed by atoms with Gasteiger partial charge in [-0.1, -0.05) is 0 Å². The Bertz CT molecular complexity index is 130. The van der Waals surface area contributed by atoms with E-state index in [2.05, 4.69) is 5.32 Å². The summed E-state index contributed by atoms with van der Waals surface area (Å²) in [5.41, 5.74) is 0. The first-order valence-electron chi connectivity index (χ1n) is 2.96. The van der Waals surface area contributed by atoms with Crippen LogP contribution in [-0.4, -0.2) is 31.2 Å². The van der Waals surface area contributed by atoms with Gasteiger partial charge in [0.25, 0.3) is 5.92 Å². The number of alkyl halides is 2. The normalized spacial score (nSPS) is 41.4. The van der Waals surface area contributed by atoms with Crippen LogP contribution in [-0.2, 0) is 4.74 Å². The van der Waals surface area contributed by atoms with E-state index in [1.165, 1.54) is 0 Å². The standard InChI is InChI=1S/C5H7F2NO.ClH/c6-5(7)3-4(5)9-2-1-8-3;/h3-4,8H,1-2H2;1H/t3-,4-;/m1./s1. The number of nitrogens with one attached hydrogen (secondary N) is 1. The summed E-state index contributed by atoms with van der Waals surface area (Å²) in [7, 11) is 0. The van der Waals surface area contributed by atoms with Gasteiger partial charge < -0.3 is 10.1 Å². The molecule has 0 spiro atoms. The largest absolute Gasteiger partial charge is 0.369 e. The molecule has 2 fully saturated rings. The monoisotopic (exact) mass is 171 g/mol. The summed E-state index contributed by atoms with van der Waals surface area (Å²) < 4.78 is 29.4. The van der Waals surface area contributed by atoms with Crippen LogP contribution in [0.1, 0.15) is 0 Å². The molecule has 5 heteroatoms. The molecule has 1 saturated heterocycles. The highest BCUT2D eigenvalue weighted by Gasteiger charge is 2.70. The molecule has 1 aliphatic carbocycles. The number of fused-ring (bicyclic) bond motifs is 1. The molecular weight excluding hydrogens is 164 g/mol. The van der Waals surface area contributed by atoms with Crippen molar-refractivity contribution < 1.29 is 13.5 Å². The lowest BCUT2D eigenvalue weighted by Gasteiger charge is -2.07. The van der Waals surface area contributed by atoms with Crippen LogP contribution in [0.25, 0.3) is 0 Å². The van der Waals surface area contributed by atoms with Crippen molar-refractivity contribution in [2.24, 2.45) is 0 Å². The average Bonchev–Trinajstić information content (AvgIpc) is 2.39. The second-order valence-electron chi connectivity index (χ2n) is 2.40. The van der Waals surface area contributed by atoms with Gasteiger partial charge in [0.05, 0.1) is 6.61 Å². The molecule has 0 bridgehead atoms. The maximum atomic E-state index is 12.3. The molecule has 10 heavy (non-hydrogen) atoms. The Labute approximate surface area is 63.3 Å². The molecule has 0 aromatic rings. The van der Waals surface area contributed by atoms with Gasteiger partial charge in [0.2, 0.25) is 0 Å². The Kier molecular flexibility index (Phi) is 1.87. The zero-order valence-electron chi connectivity index (χ0n) is 5.14. The molecule has 0 radical (unpaired) electrons. The highest BCUT2D eigenvalue weighted by molar-refractivity contribution is 5.85. The van der Waals surface area contributed by atoms with E-state index in [-0.39, 0.29) is 12.4 Å². The molecule has 0 aromatic heterocycles. The summed E-state index contributed by atoms with van der Waals surface area (Å²) in [6, 6.07) is -0.689. The highest BCUT2D eigenvalue weighted by Crippen LogP contribution is 2.45. The van der Waals surface area contributed by atoms with E-state index in [1.54, 1.807) is 0 Å². The van der Waals surface area contributed by atoms with Gasteiger partial charge in [-0.3, -0.25) is 0 Å². The Morgan fingerprint density at radius 2 is 2.20 bits per heavy atom. The second kappa shape index (κ2) is 2.29. The minimum Gasteiger partial charge on any atom is -0.369 e. The van der Waals surface area contributed by atoms with Crippen molar-refractivity contribution in [3.8, 4) is 0 Å². The van der Waals surface area contributed by atoms with Gasteiger partial charge in [0, 0.05) is 6.54 Å². The fraction of sp³-hybridized carbons (Fsp3) is 1.00. The molecule has 0 aromatic carbocycles. The molecule has 0 amide bonds. The predicted octanol–water partition coefficient (Wildman–Crippen LogP) is 0.414. The van der Waals surface area contributed by atoms with Gasteiger partial charge in [-0.05, 0) is 0 Å². The second-order valence-corrected chi connectivity index (χ2v) is 2.40. The van der Waals surface area contributed by atoms with E-state index >= 15 is 0 Å². The van der Waals surface area contributed by atoms with Gasteiger partial charge >= 0.3 is 0 Å². The number of morpholine rings is 1. The van der Waals surface area contributed by atoms with Gasteiger partial charge in [-0.25, -0.2) is 8.78 Å². The molecule has 1 N–H and O–H groups in total. The van der Waals surface area contributed by atoms with E-state index < -0.39 is 18.1 Å². The van der Waals surface area contributed by atoms with Crippen LogP contribution in [0.5, 0.6) is 0 Å². The number of halogens is 3. The Morgan fingerprint density at radius 3 is 2.60 bits per heavy atom. The van der Waals surface area contributed by atoms with Crippen LogP contribution in [0.15, 0.2) is 0 Å². The molecule has 2 nitrogen and oxygen atoms in total. The van der Waals surface area contributed by atoms with Crippen molar-refractivity contribution in [3.05, 3.63) is 0 Å². The zero-order chi connectivity index (χ0) is 6.48. The molecule has 2 atom stereocenters. The molecule has 1 saturated carbocycles. The summed E-state index contributed by atoms with van der Waals surface area (Å²) in [5.74, 6) is -2.59. The summed E-state index contributed by atoms with van der Waals surface area (Å²) >= 11 is 0. The van der Waals surface area contributed by atoms with Gasteiger partial charge in [-0.2, -0.15) is 0 Å². The molecular formula is C5H8ClF2NO. The molecule has 2 aliphatic rings. The van der Waals surface area contributed by atoms with Crippen LogP contribution in [0.4, 0.5) is 8.78 Å². The summed E-state index contributed by atoms with van der Waals surface area (Å²) in [5, 5.41) is 2.67. The number of hydrogen-bond donors (Lipinski definition) is 1. The lowest BCUT2D eigenvalue weighted by Crippen LogP contribution is -2.31. The minimum absolute atomic E-state index is 0. The van der Waals surface area contributed by atoms with Crippen LogP contribution in [0.3, 0.4) is 0 Å². The van der Waals surface area contributed by atoms with Crippen molar-refractivity contribution in [2.45, 2.75) is 18.1 Å². The number of hydrogen-bond acceptors (Lipinski definition) is 2. The lowest BCUT2D eigenvalue weighted by atomic mass is 10.5. The van der Waals surface area contributed by atoms with E-state index in [0.29, 0.717) is 13.2 Å². The summed E-state index contributed by atoms with van der Waals surface area (Å²) in [4.78, 5) is 0. The van der Waals surface area contributed by atoms with E-state index in [1.807, 2.05) is 0 Å². The Balaban J connectivity index is 0.000000500. The Morgan fingerprint density at radius 1 is 1.50 bits per heavy atom. The minimum atomic E-state index is -2.59. The first-order chi connectivity index (χ1) is 4.23. The van der Waals surface area contributed by atoms with E-state index in [9.17, 15) is 8.78 Å². The van der Waals surface area contributed by atoms with Crippen molar-refractivity contribution >= 4 is 12.4 Å². The summed E-state index contributed by atoms with van der Waals surface area (Å²) in [6.45, 7) is 0.966. The Hall–Kier alpha value is 0.0700. The van der Waals surface area contributed by atoms with E-state index in [0.717, 1.165) is 0 Å². The first-order valence-corrected chi connectivity index (χ1v) is 2.96.